The number of nitrogens with one attached hydrogen (secondary N) is 3. The Morgan fingerprint density at radius 1 is 0.922 bits per heavy atom. The molecule has 2 saturated carbocycles. The van der Waals surface area contributed by atoms with Gasteiger partial charge in [0.25, 0.3) is 5.91 Å². The molecule has 1 aliphatic heterocycles. The minimum Gasteiger partial charge on any atom is -0.363 e. The van der Waals surface area contributed by atoms with Crippen molar-refractivity contribution < 1.29 is 32.4 Å². The third kappa shape index (κ3) is 8.80. The first kappa shape index (κ1) is 38.0. The van der Waals surface area contributed by atoms with E-state index in [1.807, 2.05) is 13.8 Å². The summed E-state index contributed by atoms with van der Waals surface area (Å²) in [4.78, 5) is 68.3. The molecule has 276 valence electrons. The minimum atomic E-state index is -3.69. The van der Waals surface area contributed by atoms with E-state index in [1.54, 1.807) is 81.4 Å². The zero-order chi connectivity index (χ0) is 37.3. The smallest absolute Gasteiger partial charge is 0.315 e. The largest absolute Gasteiger partial charge is 0.363 e. The van der Waals surface area contributed by atoms with E-state index < -0.39 is 69.0 Å². The average molecular weight is 722 g/mol. The Balaban J connectivity index is 1.34. The van der Waals surface area contributed by atoms with E-state index in [1.165, 1.54) is 4.90 Å². The lowest BCUT2D eigenvalue weighted by molar-refractivity contribution is -0.145. The maximum Gasteiger partial charge on any atom is 0.315 e. The van der Waals surface area contributed by atoms with Crippen molar-refractivity contribution in [2.24, 2.45) is 34.3 Å². The predicted octanol–water partition coefficient (Wildman–Crippen LogP) is 3.27. The number of piperidine rings is 1. The Kier molecular flexibility index (Phi) is 11.0. The topological polar surface area (TPSA) is 185 Å². The average Bonchev–Trinajstić information content (AvgIpc) is 3.34. The van der Waals surface area contributed by atoms with Crippen LogP contribution in [0.25, 0.3) is 0 Å². The van der Waals surface area contributed by atoms with Crippen molar-refractivity contribution in [3.8, 4) is 0 Å². The van der Waals surface area contributed by atoms with E-state index in [4.69, 9.17) is 5.73 Å². The molecule has 2 aromatic rings. The van der Waals surface area contributed by atoms with Crippen LogP contribution >= 0.6 is 0 Å². The van der Waals surface area contributed by atoms with Crippen LogP contribution in [0, 0.1) is 28.6 Å². The Hall–Kier alpha value is -4.26. The van der Waals surface area contributed by atoms with Crippen molar-refractivity contribution in [2.45, 2.75) is 90.2 Å². The fraction of sp³-hybridized carbons (Fsp3) is 0.553. The summed E-state index contributed by atoms with van der Waals surface area (Å²) < 4.78 is 26.7. The van der Waals surface area contributed by atoms with Gasteiger partial charge in [0, 0.05) is 6.54 Å². The van der Waals surface area contributed by atoms with E-state index >= 15 is 0 Å². The molecule has 2 aliphatic carbocycles. The highest BCUT2D eigenvalue weighted by Gasteiger charge is 2.70. The third-order valence-corrected chi connectivity index (χ3v) is 12.6. The van der Waals surface area contributed by atoms with Gasteiger partial charge in [-0.05, 0) is 46.1 Å². The summed E-state index contributed by atoms with van der Waals surface area (Å²) in [5, 5.41) is 8.40. The van der Waals surface area contributed by atoms with Gasteiger partial charge in [-0.15, -0.1) is 0 Å². The molecule has 5 amide bonds. The minimum absolute atomic E-state index is 0.0286. The molecule has 1 unspecified atom stereocenters. The maximum absolute atomic E-state index is 14.4. The van der Waals surface area contributed by atoms with Crippen LogP contribution < -0.4 is 21.7 Å². The Morgan fingerprint density at radius 2 is 1.53 bits per heavy atom. The van der Waals surface area contributed by atoms with Crippen LogP contribution in [0.1, 0.15) is 77.5 Å². The molecule has 1 heterocycles. The number of hydrogen-bond acceptors (Lipinski definition) is 7. The molecule has 0 spiro atoms. The lowest BCUT2D eigenvalue weighted by Crippen LogP contribution is -2.61. The van der Waals surface area contributed by atoms with Crippen LogP contribution in [0.2, 0.25) is 0 Å². The second kappa shape index (κ2) is 14.8. The van der Waals surface area contributed by atoms with Crippen molar-refractivity contribution in [1.29, 1.82) is 0 Å². The third-order valence-electron chi connectivity index (χ3n) is 11.0. The highest BCUT2D eigenvalue weighted by molar-refractivity contribution is 7.90. The molecular weight excluding hydrogens is 671 g/mol. The number of hydrogen-bond donors (Lipinski definition) is 4. The molecule has 3 fully saturated rings. The van der Waals surface area contributed by atoms with Gasteiger partial charge < -0.3 is 26.6 Å². The summed E-state index contributed by atoms with van der Waals surface area (Å²) in [6.45, 7) is 9.74. The van der Waals surface area contributed by atoms with Crippen LogP contribution in [0.3, 0.4) is 0 Å². The molecule has 6 atom stereocenters. The number of primary amides is 1. The SMILES string of the molecule is CC(C)(C)[C@H](NC(=O)N[C@H](CS(=O)(=O)Cc1ccccc1)c1ccccc1)C(=O)N1C[C@H]2[C@@H]([C@H]1C(=O)NC(CC1CCC1)C(=O)C(N)=O)C2(C)C. The number of rotatable bonds is 14. The number of carbonyl (C=O) groups is 5. The molecule has 12 nitrogen and oxygen atoms in total. The molecule has 3 aliphatic rings. The number of sulfone groups is 1. The maximum atomic E-state index is 14.4. The zero-order valence-corrected chi connectivity index (χ0v) is 30.9. The zero-order valence-electron chi connectivity index (χ0n) is 30.1. The Bertz CT molecular complexity index is 1740. The molecule has 1 saturated heterocycles. The quantitative estimate of drug-likeness (QED) is 0.216. The van der Waals surface area contributed by atoms with E-state index in [9.17, 15) is 32.4 Å². The second-order valence-electron chi connectivity index (χ2n) is 16.1. The van der Waals surface area contributed by atoms with E-state index in [2.05, 4.69) is 16.0 Å². The molecule has 51 heavy (non-hydrogen) atoms. The van der Waals surface area contributed by atoms with Crippen LogP contribution in [0.15, 0.2) is 60.7 Å². The molecule has 0 radical (unpaired) electrons. The highest BCUT2D eigenvalue weighted by atomic mass is 32.2. The van der Waals surface area contributed by atoms with Crippen LogP contribution in [-0.2, 0) is 34.8 Å². The van der Waals surface area contributed by atoms with Gasteiger partial charge in [-0.3, -0.25) is 19.2 Å². The molecule has 5 rings (SSSR count). The first-order valence-corrected chi connectivity index (χ1v) is 19.5. The number of nitrogens with zero attached hydrogens (tertiary/aromatic N) is 1. The van der Waals surface area contributed by atoms with Gasteiger partial charge in [-0.1, -0.05) is 115 Å². The van der Waals surface area contributed by atoms with Crippen molar-refractivity contribution >= 4 is 39.4 Å². The number of amides is 5. The van der Waals surface area contributed by atoms with Crippen LogP contribution in [0.4, 0.5) is 4.79 Å². The molecular formula is C38H51N5O7S. The molecule has 5 N–H and O–H groups in total. The number of likely N-dealkylation sites (tertiary alicyclic amines) is 1. The van der Waals surface area contributed by atoms with Crippen LogP contribution in [-0.4, -0.2) is 73.3 Å². The van der Waals surface area contributed by atoms with Gasteiger partial charge in [-0.2, -0.15) is 0 Å². The highest BCUT2D eigenvalue weighted by Crippen LogP contribution is 2.65. The summed E-state index contributed by atoms with van der Waals surface area (Å²) in [5.74, 6) is -3.49. The second-order valence-corrected chi connectivity index (χ2v) is 18.2. The van der Waals surface area contributed by atoms with Gasteiger partial charge >= 0.3 is 6.03 Å². The van der Waals surface area contributed by atoms with E-state index in [0.29, 0.717) is 17.5 Å². The van der Waals surface area contributed by atoms with Crippen molar-refractivity contribution in [1.82, 2.24) is 20.9 Å². The van der Waals surface area contributed by atoms with Crippen molar-refractivity contribution in [3.05, 3.63) is 71.8 Å². The van der Waals surface area contributed by atoms with E-state index in [0.717, 1.165) is 19.3 Å². The van der Waals surface area contributed by atoms with Gasteiger partial charge in [-0.25, -0.2) is 13.2 Å². The number of Topliss-reactive ketones (excluding diaryl/α,β-unsaturated/α-hetero) is 1. The Labute approximate surface area is 300 Å². The summed E-state index contributed by atoms with van der Waals surface area (Å²) in [7, 11) is -3.69. The fourth-order valence-corrected chi connectivity index (χ4v) is 9.33. The molecule has 2 aromatic carbocycles. The summed E-state index contributed by atoms with van der Waals surface area (Å²) >= 11 is 0. The molecule has 0 aromatic heterocycles. The molecule has 0 bridgehead atoms. The summed E-state index contributed by atoms with van der Waals surface area (Å²) in [6.07, 6.45) is 3.12. The van der Waals surface area contributed by atoms with Gasteiger partial charge in [0.1, 0.15) is 12.1 Å². The molecule has 13 heteroatoms. The fourth-order valence-electron chi connectivity index (χ4n) is 7.73. The number of ketones is 1. The summed E-state index contributed by atoms with van der Waals surface area (Å²) in [6, 6.07) is 12.8. The predicted molar refractivity (Wildman–Crippen MR) is 192 cm³/mol. The first-order chi connectivity index (χ1) is 23.9. The summed E-state index contributed by atoms with van der Waals surface area (Å²) in [5.41, 5.74) is 5.52. The number of nitrogens with two attached hydrogens (primary N) is 1. The lowest BCUT2D eigenvalue weighted by atomic mass is 9.80. The lowest BCUT2D eigenvalue weighted by Gasteiger charge is -2.38. The monoisotopic (exact) mass is 721 g/mol. The van der Waals surface area contributed by atoms with E-state index in [-0.39, 0.29) is 41.2 Å². The number of urea groups is 1. The number of carbonyl (C=O) groups excluding carboxylic acids is 5. The van der Waals surface area contributed by atoms with Gasteiger partial charge in [0.15, 0.2) is 9.84 Å². The standard InChI is InChI=1S/C38H51N5O7S/c1-37(2,3)32(42-36(48)41-28(25-17-10-7-11-18-25)22-51(49,50)21-24-13-8-6-9-14-24)35(47)43-20-26-29(38(26,4)5)30(43)34(46)40-27(31(44)33(39)45)19-23-15-12-16-23/h6-11,13-14,17-18,23,26-30,32H,12,15-16,19-22H2,1-5H3,(H2,39,45)(H,40,46)(H2,41,42,48)/t26-,27?,28+,29-,30-,32+/m0/s1. The first-order valence-electron chi connectivity index (χ1n) is 17.7. The van der Waals surface area contributed by atoms with Gasteiger partial charge in [0.05, 0.1) is 23.6 Å². The Morgan fingerprint density at radius 3 is 2.08 bits per heavy atom. The number of benzene rings is 2. The number of fused-ring (bicyclic) bond motifs is 1. The van der Waals surface area contributed by atoms with Crippen molar-refractivity contribution in [2.75, 3.05) is 12.3 Å². The van der Waals surface area contributed by atoms with Gasteiger partial charge in [0.2, 0.25) is 17.6 Å². The normalized spacial score (nSPS) is 22.8. The van der Waals surface area contributed by atoms with Crippen LogP contribution in [0.5, 0.6) is 0 Å². The van der Waals surface area contributed by atoms with Crippen molar-refractivity contribution in [3.63, 3.8) is 0 Å².